The topological polar surface area (TPSA) is 57.6 Å². The Morgan fingerprint density at radius 2 is 1.59 bits per heavy atom. The number of fused-ring (bicyclic) bond motifs is 1. The van der Waals surface area contributed by atoms with Gasteiger partial charge in [0.1, 0.15) is 11.7 Å². The third-order valence-corrected chi connectivity index (χ3v) is 6.92. The van der Waals surface area contributed by atoms with Crippen LogP contribution in [-0.2, 0) is 13.0 Å². The van der Waals surface area contributed by atoms with Crippen LogP contribution in [0.2, 0.25) is 0 Å². The fourth-order valence-corrected chi connectivity index (χ4v) is 4.83. The van der Waals surface area contributed by atoms with E-state index in [-0.39, 0.29) is 11.7 Å². The molecule has 1 aromatic heterocycles. The number of pyridine rings is 1. The van der Waals surface area contributed by atoms with Gasteiger partial charge in [0.15, 0.2) is 0 Å². The highest BCUT2D eigenvalue weighted by molar-refractivity contribution is 6.05. The molecule has 1 amide bonds. The number of benzene rings is 4. The van der Waals surface area contributed by atoms with Crippen LogP contribution in [0.1, 0.15) is 21.6 Å². The second-order valence-corrected chi connectivity index (χ2v) is 9.63. The number of hydrogen-bond acceptors (Lipinski definition) is 4. The van der Waals surface area contributed by atoms with E-state index in [1.807, 2.05) is 42.5 Å². The summed E-state index contributed by atoms with van der Waals surface area (Å²) in [6, 6.07) is 33.8. The van der Waals surface area contributed by atoms with Crippen LogP contribution in [0.15, 0.2) is 114 Å². The van der Waals surface area contributed by atoms with Gasteiger partial charge in [-0.15, -0.1) is 0 Å². The van der Waals surface area contributed by atoms with E-state index in [0.29, 0.717) is 17.8 Å². The molecule has 0 aliphatic carbocycles. The Bertz CT molecular complexity index is 1650. The van der Waals surface area contributed by atoms with Crippen molar-refractivity contribution in [1.82, 2.24) is 9.88 Å². The van der Waals surface area contributed by atoms with Gasteiger partial charge in [0.2, 0.25) is 0 Å². The number of anilines is 1. The summed E-state index contributed by atoms with van der Waals surface area (Å²) >= 11 is 0. The van der Waals surface area contributed by atoms with Gasteiger partial charge in [-0.1, -0.05) is 60.7 Å². The molecule has 39 heavy (non-hydrogen) atoms. The van der Waals surface area contributed by atoms with Crippen molar-refractivity contribution in [1.29, 1.82) is 0 Å². The number of nitrogens with zero attached hydrogens (tertiary/aromatic N) is 3. The Balaban J connectivity index is 1.11. The maximum Gasteiger partial charge on any atom is 0.255 e. The van der Waals surface area contributed by atoms with E-state index >= 15 is 0 Å². The molecule has 0 radical (unpaired) electrons. The van der Waals surface area contributed by atoms with Gasteiger partial charge in [-0.05, 0) is 65.2 Å². The zero-order valence-corrected chi connectivity index (χ0v) is 21.3. The molecule has 6 rings (SSSR count). The Morgan fingerprint density at radius 3 is 2.36 bits per heavy atom. The zero-order valence-electron chi connectivity index (χ0n) is 21.3. The zero-order chi connectivity index (χ0) is 26.6. The van der Waals surface area contributed by atoms with Crippen molar-refractivity contribution >= 4 is 28.3 Å². The molecule has 0 fully saturated rings. The summed E-state index contributed by atoms with van der Waals surface area (Å²) in [5.74, 6) is 0.640. The first-order valence-corrected chi connectivity index (χ1v) is 13.0. The normalized spacial score (nSPS) is 12.9. The highest BCUT2D eigenvalue weighted by Crippen LogP contribution is 2.23. The second-order valence-electron chi connectivity index (χ2n) is 9.63. The first kappa shape index (κ1) is 24.5. The lowest BCUT2D eigenvalue weighted by atomic mass is 10.0. The lowest BCUT2D eigenvalue weighted by Gasteiger charge is -2.20. The van der Waals surface area contributed by atoms with Crippen molar-refractivity contribution in [2.45, 2.75) is 13.0 Å². The molecule has 0 bridgehead atoms. The van der Waals surface area contributed by atoms with Crippen molar-refractivity contribution < 1.29 is 9.18 Å². The molecule has 6 heteroatoms. The summed E-state index contributed by atoms with van der Waals surface area (Å²) in [4.78, 5) is 24.8. The van der Waals surface area contributed by atoms with Crippen molar-refractivity contribution in [3.63, 3.8) is 0 Å². The largest absolute Gasteiger partial charge is 0.352 e. The molecule has 0 atom stereocenters. The number of rotatable bonds is 7. The molecule has 0 saturated heterocycles. The molecule has 4 aromatic carbocycles. The molecule has 0 saturated carbocycles. The molecule has 1 N–H and O–H groups in total. The van der Waals surface area contributed by atoms with Gasteiger partial charge >= 0.3 is 0 Å². The summed E-state index contributed by atoms with van der Waals surface area (Å²) < 4.78 is 13.2. The van der Waals surface area contributed by atoms with Crippen LogP contribution in [0.5, 0.6) is 0 Å². The standard InChI is InChI=1S/C33H27FN4O/c34-28-13-10-25(11-14-28)24-6-8-26(9-7-24)33(39)37-29-16-17-31-27(21-29)12-15-30(36-31)22-38-19-18-35-32(38)20-23-4-2-1-3-5-23/h1-17,21H,18-20,22H2,(H,37,39). The molecule has 1 aliphatic rings. The second kappa shape index (κ2) is 10.9. The fourth-order valence-electron chi connectivity index (χ4n) is 4.83. The summed E-state index contributed by atoms with van der Waals surface area (Å²) in [6.45, 7) is 2.43. The van der Waals surface area contributed by atoms with Crippen molar-refractivity contribution in [2.24, 2.45) is 4.99 Å². The number of halogens is 1. The molecular weight excluding hydrogens is 487 g/mol. The van der Waals surface area contributed by atoms with Crippen LogP contribution in [0, 0.1) is 5.82 Å². The van der Waals surface area contributed by atoms with E-state index < -0.39 is 0 Å². The number of aromatic nitrogens is 1. The summed E-state index contributed by atoms with van der Waals surface area (Å²) in [7, 11) is 0. The summed E-state index contributed by atoms with van der Waals surface area (Å²) in [6.07, 6.45) is 0.826. The van der Waals surface area contributed by atoms with Gasteiger partial charge < -0.3 is 10.2 Å². The first-order chi connectivity index (χ1) is 19.1. The lowest BCUT2D eigenvalue weighted by Crippen LogP contribution is -2.29. The van der Waals surface area contributed by atoms with Gasteiger partial charge in [0.05, 0.1) is 24.3 Å². The van der Waals surface area contributed by atoms with E-state index in [4.69, 9.17) is 9.98 Å². The molecular formula is C33H27FN4O. The van der Waals surface area contributed by atoms with Gasteiger partial charge in [0, 0.05) is 29.6 Å². The minimum Gasteiger partial charge on any atom is -0.352 e. The maximum atomic E-state index is 13.2. The van der Waals surface area contributed by atoms with Crippen LogP contribution in [0.4, 0.5) is 10.1 Å². The predicted octanol–water partition coefficient (Wildman–Crippen LogP) is 6.75. The minimum absolute atomic E-state index is 0.191. The van der Waals surface area contributed by atoms with Crippen LogP contribution in [-0.4, -0.2) is 34.7 Å². The van der Waals surface area contributed by atoms with Gasteiger partial charge in [-0.25, -0.2) is 4.39 Å². The third-order valence-electron chi connectivity index (χ3n) is 6.92. The van der Waals surface area contributed by atoms with E-state index in [1.54, 1.807) is 24.3 Å². The number of amides is 1. The first-order valence-electron chi connectivity index (χ1n) is 13.0. The molecule has 0 unspecified atom stereocenters. The van der Waals surface area contributed by atoms with Crippen molar-refractivity contribution in [2.75, 3.05) is 18.4 Å². The summed E-state index contributed by atoms with van der Waals surface area (Å²) in [5, 5.41) is 3.94. The number of aliphatic imine (C=N–C) groups is 1. The Kier molecular flexibility index (Phi) is 6.83. The number of carbonyl (C=O) groups excluding carboxylic acids is 1. The van der Waals surface area contributed by atoms with E-state index in [0.717, 1.165) is 53.1 Å². The number of carbonyl (C=O) groups is 1. The van der Waals surface area contributed by atoms with Gasteiger partial charge in [-0.3, -0.25) is 14.8 Å². The highest BCUT2D eigenvalue weighted by atomic mass is 19.1. The molecule has 5 nitrogen and oxygen atoms in total. The van der Waals surface area contributed by atoms with Crippen molar-refractivity contribution in [3.05, 3.63) is 132 Å². The number of nitrogens with one attached hydrogen (secondary N) is 1. The third kappa shape index (κ3) is 5.70. The molecule has 192 valence electrons. The SMILES string of the molecule is O=C(Nc1ccc2nc(CN3CCN=C3Cc3ccccc3)ccc2c1)c1ccc(-c2ccc(F)cc2)cc1. The van der Waals surface area contributed by atoms with Crippen LogP contribution < -0.4 is 5.32 Å². The molecule has 2 heterocycles. The number of hydrogen-bond donors (Lipinski definition) is 1. The van der Waals surface area contributed by atoms with Crippen LogP contribution in [0.25, 0.3) is 22.0 Å². The Labute approximate surface area is 226 Å². The monoisotopic (exact) mass is 514 g/mol. The highest BCUT2D eigenvalue weighted by Gasteiger charge is 2.18. The fraction of sp³-hybridized carbons (Fsp3) is 0.121. The Hall–Kier alpha value is -4.84. The van der Waals surface area contributed by atoms with Crippen molar-refractivity contribution in [3.8, 4) is 11.1 Å². The predicted molar refractivity (Wildman–Crippen MR) is 154 cm³/mol. The van der Waals surface area contributed by atoms with E-state index in [1.165, 1.54) is 17.7 Å². The van der Waals surface area contributed by atoms with Gasteiger partial charge in [0.25, 0.3) is 5.91 Å². The van der Waals surface area contributed by atoms with Gasteiger partial charge in [-0.2, -0.15) is 0 Å². The maximum absolute atomic E-state index is 13.2. The smallest absolute Gasteiger partial charge is 0.255 e. The summed E-state index contributed by atoms with van der Waals surface area (Å²) in [5.41, 5.74) is 6.21. The average Bonchev–Trinajstić information content (AvgIpc) is 3.40. The molecule has 1 aliphatic heterocycles. The van der Waals surface area contributed by atoms with E-state index in [2.05, 4.69) is 40.5 Å². The average molecular weight is 515 g/mol. The number of amidine groups is 1. The molecule has 0 spiro atoms. The van der Waals surface area contributed by atoms with Crippen LogP contribution in [0.3, 0.4) is 0 Å². The molecule has 5 aromatic rings. The van der Waals surface area contributed by atoms with E-state index in [9.17, 15) is 9.18 Å². The quantitative estimate of drug-likeness (QED) is 0.261. The van der Waals surface area contributed by atoms with Crippen LogP contribution >= 0.6 is 0 Å². The Morgan fingerprint density at radius 1 is 0.846 bits per heavy atom. The minimum atomic E-state index is -0.273. The lowest BCUT2D eigenvalue weighted by molar-refractivity contribution is 0.102.